The van der Waals surface area contributed by atoms with Crippen molar-refractivity contribution in [3.63, 3.8) is 0 Å². The Kier molecular flexibility index (Phi) is 2.40. The SMILES string of the molecule is CC(C)[C@H]1CC[C@](C)(P)C1. The smallest absolute Gasteiger partial charge is 0.0175 e. The molecule has 0 spiro atoms. The van der Waals surface area contributed by atoms with Gasteiger partial charge in [0, 0.05) is 0 Å². The first-order chi connectivity index (χ1) is 4.51. The second-order valence-corrected chi connectivity index (χ2v) is 5.79. The molecule has 1 saturated carbocycles. The number of rotatable bonds is 1. The van der Waals surface area contributed by atoms with Crippen molar-refractivity contribution in [1.82, 2.24) is 0 Å². The van der Waals surface area contributed by atoms with Gasteiger partial charge in [0.05, 0.1) is 0 Å². The first kappa shape index (κ1) is 8.53. The predicted molar refractivity (Wildman–Crippen MR) is 50.3 cm³/mol. The van der Waals surface area contributed by atoms with Gasteiger partial charge in [0.15, 0.2) is 0 Å². The lowest BCUT2D eigenvalue weighted by molar-refractivity contribution is 0.389. The molecule has 0 nitrogen and oxygen atoms in total. The zero-order chi connectivity index (χ0) is 7.78. The molecule has 0 N–H and O–H groups in total. The summed E-state index contributed by atoms with van der Waals surface area (Å²) in [5.74, 6) is 1.88. The van der Waals surface area contributed by atoms with Crippen LogP contribution in [0.4, 0.5) is 0 Å². The molecule has 0 saturated heterocycles. The molecular weight excluding hydrogens is 139 g/mol. The van der Waals surface area contributed by atoms with Gasteiger partial charge in [-0.05, 0) is 36.3 Å². The number of hydrogen-bond donors (Lipinski definition) is 0. The minimum absolute atomic E-state index is 0.564. The lowest BCUT2D eigenvalue weighted by atomic mass is 9.93. The Morgan fingerprint density at radius 2 is 2.10 bits per heavy atom. The highest BCUT2D eigenvalue weighted by molar-refractivity contribution is 7.18. The van der Waals surface area contributed by atoms with E-state index in [1.54, 1.807) is 0 Å². The maximum Gasteiger partial charge on any atom is -0.0175 e. The second-order valence-electron chi connectivity index (χ2n) is 4.40. The number of hydrogen-bond acceptors (Lipinski definition) is 0. The molecule has 0 aromatic heterocycles. The molecule has 60 valence electrons. The zero-order valence-electron chi connectivity index (χ0n) is 7.35. The van der Waals surface area contributed by atoms with E-state index in [1.165, 1.54) is 19.3 Å². The summed E-state index contributed by atoms with van der Waals surface area (Å²) in [6.07, 6.45) is 4.26. The first-order valence-corrected chi connectivity index (χ1v) is 4.88. The molecule has 0 aliphatic heterocycles. The summed E-state index contributed by atoms with van der Waals surface area (Å²) in [6.45, 7) is 7.05. The van der Waals surface area contributed by atoms with E-state index in [0.29, 0.717) is 5.16 Å². The Hall–Kier alpha value is 0.430. The van der Waals surface area contributed by atoms with Crippen LogP contribution in [0.25, 0.3) is 0 Å². The van der Waals surface area contributed by atoms with Gasteiger partial charge < -0.3 is 0 Å². The highest BCUT2D eigenvalue weighted by Crippen LogP contribution is 2.43. The van der Waals surface area contributed by atoms with Crippen molar-refractivity contribution in [2.45, 2.75) is 45.2 Å². The maximum absolute atomic E-state index is 3.00. The van der Waals surface area contributed by atoms with Crippen molar-refractivity contribution in [3.05, 3.63) is 0 Å². The Labute approximate surface area is 67.0 Å². The Bertz CT molecular complexity index is 116. The summed E-state index contributed by atoms with van der Waals surface area (Å²) in [4.78, 5) is 0. The van der Waals surface area contributed by atoms with Gasteiger partial charge >= 0.3 is 0 Å². The molecule has 1 rings (SSSR count). The molecule has 1 unspecified atom stereocenters. The van der Waals surface area contributed by atoms with Crippen molar-refractivity contribution in [2.75, 3.05) is 0 Å². The average molecular weight is 158 g/mol. The van der Waals surface area contributed by atoms with Crippen molar-refractivity contribution in [1.29, 1.82) is 0 Å². The van der Waals surface area contributed by atoms with E-state index in [2.05, 4.69) is 30.0 Å². The normalized spacial score (nSPS) is 41.1. The van der Waals surface area contributed by atoms with Crippen LogP contribution in [0.1, 0.15) is 40.0 Å². The molecule has 10 heavy (non-hydrogen) atoms. The molecule has 0 bridgehead atoms. The summed E-state index contributed by atoms with van der Waals surface area (Å²) in [6, 6.07) is 0. The van der Waals surface area contributed by atoms with E-state index >= 15 is 0 Å². The first-order valence-electron chi connectivity index (χ1n) is 4.30. The van der Waals surface area contributed by atoms with Crippen LogP contribution in [0.3, 0.4) is 0 Å². The van der Waals surface area contributed by atoms with Gasteiger partial charge in [-0.25, -0.2) is 0 Å². The molecule has 3 atom stereocenters. The van der Waals surface area contributed by atoms with E-state index in [-0.39, 0.29) is 0 Å². The van der Waals surface area contributed by atoms with E-state index in [1.807, 2.05) is 0 Å². The molecular formula is C9H19P. The molecule has 1 aliphatic carbocycles. The van der Waals surface area contributed by atoms with Crippen molar-refractivity contribution >= 4 is 9.24 Å². The lowest BCUT2D eigenvalue weighted by Gasteiger charge is -2.18. The second kappa shape index (κ2) is 2.81. The standard InChI is InChI=1S/C9H19P/c1-7(2)8-4-5-9(3,10)6-8/h7-8H,4-6,10H2,1-3H3/t8-,9-/m0/s1. The van der Waals surface area contributed by atoms with Gasteiger partial charge in [-0.1, -0.05) is 20.8 Å². The fourth-order valence-electron chi connectivity index (χ4n) is 1.89. The molecule has 0 amide bonds. The van der Waals surface area contributed by atoms with Crippen molar-refractivity contribution in [2.24, 2.45) is 11.8 Å². The summed E-state index contributed by atoms with van der Waals surface area (Å²) >= 11 is 0. The van der Waals surface area contributed by atoms with Gasteiger partial charge in [-0.15, -0.1) is 9.24 Å². The minimum Gasteiger partial charge on any atom is -0.131 e. The molecule has 1 aliphatic rings. The summed E-state index contributed by atoms with van der Waals surface area (Å²) in [7, 11) is 3.00. The molecule has 0 radical (unpaired) electrons. The quantitative estimate of drug-likeness (QED) is 0.514. The van der Waals surface area contributed by atoms with Crippen molar-refractivity contribution in [3.8, 4) is 0 Å². The summed E-state index contributed by atoms with van der Waals surface area (Å²) in [5, 5.41) is 0.564. The van der Waals surface area contributed by atoms with Crippen LogP contribution in [0.5, 0.6) is 0 Å². The maximum atomic E-state index is 3.00. The third-order valence-corrected chi connectivity index (χ3v) is 3.28. The van der Waals surface area contributed by atoms with E-state index < -0.39 is 0 Å². The Morgan fingerprint density at radius 1 is 1.50 bits per heavy atom. The highest BCUT2D eigenvalue weighted by Gasteiger charge is 2.32. The molecule has 1 fully saturated rings. The molecule has 0 aromatic rings. The lowest BCUT2D eigenvalue weighted by Crippen LogP contribution is -2.11. The van der Waals surface area contributed by atoms with E-state index in [0.717, 1.165) is 11.8 Å². The predicted octanol–water partition coefficient (Wildman–Crippen LogP) is 3.08. The van der Waals surface area contributed by atoms with Crippen LogP contribution < -0.4 is 0 Å². The third-order valence-electron chi connectivity index (χ3n) is 2.76. The van der Waals surface area contributed by atoms with Gasteiger partial charge in [-0.2, -0.15) is 0 Å². The summed E-state index contributed by atoms with van der Waals surface area (Å²) in [5.41, 5.74) is 0. The van der Waals surface area contributed by atoms with Crippen LogP contribution in [0, 0.1) is 11.8 Å². The highest BCUT2D eigenvalue weighted by atomic mass is 31.0. The van der Waals surface area contributed by atoms with Crippen molar-refractivity contribution < 1.29 is 0 Å². The monoisotopic (exact) mass is 158 g/mol. The van der Waals surface area contributed by atoms with Crippen LogP contribution >= 0.6 is 9.24 Å². The van der Waals surface area contributed by atoms with Crippen LogP contribution in [-0.4, -0.2) is 5.16 Å². The summed E-state index contributed by atoms with van der Waals surface area (Å²) < 4.78 is 0. The van der Waals surface area contributed by atoms with Gasteiger partial charge in [0.2, 0.25) is 0 Å². The molecule has 1 heteroatoms. The van der Waals surface area contributed by atoms with Crippen LogP contribution in [0.2, 0.25) is 0 Å². The Morgan fingerprint density at radius 3 is 2.30 bits per heavy atom. The fourth-order valence-corrected chi connectivity index (χ4v) is 2.36. The van der Waals surface area contributed by atoms with E-state index in [4.69, 9.17) is 0 Å². The Balaban J connectivity index is 2.43. The average Bonchev–Trinajstić information content (AvgIpc) is 2.10. The third kappa shape index (κ3) is 1.95. The van der Waals surface area contributed by atoms with Gasteiger partial charge in [0.1, 0.15) is 0 Å². The topological polar surface area (TPSA) is 0 Å². The van der Waals surface area contributed by atoms with Gasteiger partial charge in [-0.3, -0.25) is 0 Å². The van der Waals surface area contributed by atoms with Gasteiger partial charge in [0.25, 0.3) is 0 Å². The minimum atomic E-state index is 0.564. The zero-order valence-corrected chi connectivity index (χ0v) is 8.51. The van der Waals surface area contributed by atoms with Crippen LogP contribution in [-0.2, 0) is 0 Å². The largest absolute Gasteiger partial charge is 0.131 e. The molecule has 0 aromatic carbocycles. The molecule has 0 heterocycles. The van der Waals surface area contributed by atoms with E-state index in [9.17, 15) is 0 Å². The van der Waals surface area contributed by atoms with Crippen LogP contribution in [0.15, 0.2) is 0 Å². The fraction of sp³-hybridized carbons (Fsp3) is 1.00.